The van der Waals surface area contributed by atoms with Gasteiger partial charge in [0, 0.05) is 42.3 Å². The largest absolute Gasteiger partial charge is 0.446 e. The topological polar surface area (TPSA) is 160 Å². The van der Waals surface area contributed by atoms with E-state index in [9.17, 15) is 18.4 Å². The van der Waals surface area contributed by atoms with Gasteiger partial charge in [-0.2, -0.15) is 4.41 Å². The molecule has 16 heteroatoms. The molecule has 4 heterocycles. The van der Waals surface area contributed by atoms with E-state index in [1.54, 1.807) is 54.5 Å². The molecule has 49 heavy (non-hydrogen) atoms. The number of nitrogens with zero attached hydrogens (tertiary/aromatic N) is 6. The predicted molar refractivity (Wildman–Crippen MR) is 180 cm³/mol. The van der Waals surface area contributed by atoms with E-state index in [-0.39, 0.29) is 42.2 Å². The van der Waals surface area contributed by atoms with E-state index in [0.717, 1.165) is 23.9 Å². The van der Waals surface area contributed by atoms with Gasteiger partial charge in [-0.15, -0.1) is 0 Å². The number of fused-ring (bicyclic) bond motifs is 1. The zero-order valence-corrected chi connectivity index (χ0v) is 28.2. The second-order valence-corrected chi connectivity index (χ2v) is 13.4. The Balaban J connectivity index is 1.29. The molecule has 2 aromatic carbocycles. The maximum atomic E-state index is 15.4. The van der Waals surface area contributed by atoms with Crippen LogP contribution in [0.4, 0.5) is 25.6 Å². The smallest absolute Gasteiger partial charge is 0.429 e. The number of ether oxygens (including phenoxy) is 3. The van der Waals surface area contributed by atoms with E-state index in [2.05, 4.69) is 15.3 Å². The van der Waals surface area contributed by atoms with Crippen LogP contribution in [0.3, 0.4) is 0 Å². The Kier molecular flexibility index (Phi) is 9.52. The molecule has 1 unspecified atom stereocenters. The maximum Gasteiger partial charge on any atom is 0.429 e. The van der Waals surface area contributed by atoms with Crippen molar-refractivity contribution in [3.63, 3.8) is 0 Å². The number of nitrogens with one attached hydrogen (secondary N) is 1. The SMILES string of the molecule is Cc1ccc2c(N(N3CCOC3=O)S(=O)O)c(F)ccc2c1Oc1ncccc1-c1ccnc(N[C@H]2CCCN(C(=O)OC(C)(C)C)C2)n1. The average Bonchev–Trinajstić information content (AvgIpc) is 3.48. The molecule has 0 saturated carbocycles. The summed E-state index contributed by atoms with van der Waals surface area (Å²) in [4.78, 5) is 40.3. The van der Waals surface area contributed by atoms with Crippen molar-refractivity contribution in [3.8, 4) is 22.9 Å². The summed E-state index contributed by atoms with van der Waals surface area (Å²) in [6.07, 6.45) is 3.55. The number of rotatable bonds is 8. The number of halogens is 1. The van der Waals surface area contributed by atoms with Crippen LogP contribution in [0.5, 0.6) is 11.6 Å². The first-order chi connectivity index (χ1) is 23.4. The summed E-state index contributed by atoms with van der Waals surface area (Å²) in [5.74, 6) is 0.0646. The normalized spacial score (nSPS) is 17.1. The lowest BCUT2D eigenvalue weighted by atomic mass is 10.0. The van der Waals surface area contributed by atoms with Gasteiger partial charge in [0.05, 0.1) is 17.8 Å². The van der Waals surface area contributed by atoms with Crippen molar-refractivity contribution in [2.75, 3.05) is 36.0 Å². The quantitative estimate of drug-likeness (QED) is 0.207. The molecule has 0 spiro atoms. The van der Waals surface area contributed by atoms with E-state index in [1.807, 2.05) is 20.8 Å². The molecule has 2 saturated heterocycles. The molecule has 2 aromatic heterocycles. The van der Waals surface area contributed by atoms with Crippen molar-refractivity contribution >= 4 is 45.9 Å². The number of hydrazine groups is 1. The summed E-state index contributed by atoms with van der Waals surface area (Å²) in [6.45, 7) is 8.30. The molecule has 2 fully saturated rings. The molecule has 0 aliphatic carbocycles. The minimum Gasteiger partial charge on any atom is -0.446 e. The molecule has 258 valence electrons. The van der Waals surface area contributed by atoms with Gasteiger partial charge in [-0.1, -0.05) is 12.1 Å². The number of hydrogen-bond donors (Lipinski definition) is 2. The van der Waals surface area contributed by atoms with E-state index < -0.39 is 28.8 Å². The van der Waals surface area contributed by atoms with E-state index in [1.165, 1.54) is 6.07 Å². The van der Waals surface area contributed by atoms with Crippen LogP contribution in [0.15, 0.2) is 54.9 Å². The third-order valence-corrected chi connectivity index (χ3v) is 8.55. The van der Waals surface area contributed by atoms with Crippen molar-refractivity contribution in [2.45, 2.75) is 52.2 Å². The number of pyridine rings is 1. The third kappa shape index (κ3) is 7.34. The summed E-state index contributed by atoms with van der Waals surface area (Å²) in [7, 11) is 0. The highest BCUT2D eigenvalue weighted by Crippen LogP contribution is 2.41. The Morgan fingerprint density at radius 1 is 1.12 bits per heavy atom. The van der Waals surface area contributed by atoms with Crippen LogP contribution in [-0.4, -0.2) is 83.7 Å². The lowest BCUT2D eigenvalue weighted by Gasteiger charge is -2.34. The number of likely N-dealkylation sites (tertiary alicyclic amines) is 1. The lowest BCUT2D eigenvalue weighted by Crippen LogP contribution is -2.47. The van der Waals surface area contributed by atoms with Gasteiger partial charge in [0.25, 0.3) is 11.3 Å². The molecular formula is C33H36FN7O7S. The van der Waals surface area contributed by atoms with E-state index >= 15 is 4.39 Å². The number of carbonyl (C=O) groups is 2. The Hall–Kier alpha value is -5.09. The molecule has 4 aromatic rings. The molecule has 2 amide bonds. The fourth-order valence-corrected chi connectivity index (χ4v) is 6.38. The summed E-state index contributed by atoms with van der Waals surface area (Å²) < 4.78 is 55.6. The zero-order valence-electron chi connectivity index (χ0n) is 27.4. The maximum absolute atomic E-state index is 15.4. The molecule has 14 nitrogen and oxygen atoms in total. The van der Waals surface area contributed by atoms with Crippen molar-refractivity contribution in [3.05, 3.63) is 66.2 Å². The van der Waals surface area contributed by atoms with Crippen LogP contribution in [-0.2, 0) is 20.7 Å². The van der Waals surface area contributed by atoms with Crippen molar-refractivity contribution in [1.82, 2.24) is 24.9 Å². The van der Waals surface area contributed by atoms with Crippen molar-refractivity contribution in [2.24, 2.45) is 0 Å². The molecule has 6 rings (SSSR count). The standard InChI is InChI=1S/C33H36FN7O7S/c1-20-9-10-22-23(11-12-25(34)27(22)41(49(44)45)40-17-18-46-32(40)43)28(20)47-29-24(8-5-14-35-29)26-13-15-36-30(38-26)37-21-7-6-16-39(19-21)31(42)48-33(2,3)4/h5,8-15,21H,6-7,16-19H2,1-4H3,(H,44,45)(H,36,37,38)/t21-/m0/s1. The van der Waals surface area contributed by atoms with Gasteiger partial charge in [-0.3, -0.25) is 4.55 Å². The highest BCUT2D eigenvalue weighted by Gasteiger charge is 2.35. The Morgan fingerprint density at radius 2 is 1.92 bits per heavy atom. The molecule has 2 aliphatic heterocycles. The molecule has 2 aliphatic rings. The number of benzene rings is 2. The second kappa shape index (κ2) is 13.8. The van der Waals surface area contributed by atoms with Gasteiger partial charge < -0.3 is 24.4 Å². The molecule has 0 radical (unpaired) electrons. The van der Waals surface area contributed by atoms with Crippen molar-refractivity contribution < 1.29 is 37.0 Å². The Bertz CT molecular complexity index is 1920. The first-order valence-corrected chi connectivity index (χ1v) is 16.7. The van der Waals surface area contributed by atoms with Gasteiger partial charge >= 0.3 is 12.2 Å². The number of amides is 2. The number of hydrogen-bond acceptors (Lipinski definition) is 10. The number of anilines is 2. The summed E-state index contributed by atoms with van der Waals surface area (Å²) in [5.41, 5.74) is 0.854. The van der Waals surface area contributed by atoms with Gasteiger partial charge in [0.2, 0.25) is 11.8 Å². The fraction of sp³-hybridized carbons (Fsp3) is 0.364. The van der Waals surface area contributed by atoms with Gasteiger partial charge in [-0.25, -0.2) is 38.1 Å². The summed E-state index contributed by atoms with van der Waals surface area (Å²) in [5, 5.41) is 4.86. The van der Waals surface area contributed by atoms with Crippen LogP contribution < -0.4 is 14.5 Å². The zero-order chi connectivity index (χ0) is 34.9. The minimum atomic E-state index is -2.80. The fourth-order valence-electron chi connectivity index (χ4n) is 5.72. The van der Waals surface area contributed by atoms with Crippen molar-refractivity contribution in [1.29, 1.82) is 0 Å². The second-order valence-electron chi connectivity index (χ2n) is 12.6. The highest BCUT2D eigenvalue weighted by atomic mass is 32.2. The molecular weight excluding hydrogens is 657 g/mol. The number of cyclic esters (lactones) is 1. The third-order valence-electron chi connectivity index (χ3n) is 7.88. The van der Waals surface area contributed by atoms with Crippen LogP contribution in [0.2, 0.25) is 0 Å². The Labute approximate surface area is 284 Å². The number of carbonyl (C=O) groups excluding carboxylic acids is 2. The van der Waals surface area contributed by atoms with Gasteiger partial charge in [-0.05, 0) is 76.4 Å². The molecule has 2 N–H and O–H groups in total. The lowest BCUT2D eigenvalue weighted by molar-refractivity contribution is 0.0206. The average molecular weight is 694 g/mol. The van der Waals surface area contributed by atoms with Gasteiger partial charge in [0.1, 0.15) is 29.5 Å². The van der Waals surface area contributed by atoms with Gasteiger partial charge in [0.15, 0.2) is 0 Å². The van der Waals surface area contributed by atoms with Crippen LogP contribution in [0, 0.1) is 12.7 Å². The number of aromatic nitrogens is 3. The van der Waals surface area contributed by atoms with Crippen LogP contribution in [0.25, 0.3) is 22.0 Å². The highest BCUT2D eigenvalue weighted by molar-refractivity contribution is 7.80. The first kappa shape index (κ1) is 33.8. The predicted octanol–water partition coefficient (Wildman–Crippen LogP) is 6.05. The minimum absolute atomic E-state index is 0.0136. The van der Waals surface area contributed by atoms with E-state index in [4.69, 9.17) is 19.2 Å². The number of aryl methyl sites for hydroxylation is 1. The Morgan fingerprint density at radius 3 is 2.65 bits per heavy atom. The summed E-state index contributed by atoms with van der Waals surface area (Å²) >= 11 is -2.80. The number of piperidine rings is 1. The first-order valence-electron chi connectivity index (χ1n) is 15.7. The van der Waals surface area contributed by atoms with E-state index in [0.29, 0.717) is 51.4 Å². The summed E-state index contributed by atoms with van der Waals surface area (Å²) in [6, 6.07) is 11.1. The monoisotopic (exact) mass is 693 g/mol. The van der Waals surface area contributed by atoms with Crippen LogP contribution in [0.1, 0.15) is 39.2 Å². The van der Waals surface area contributed by atoms with Crippen LogP contribution >= 0.6 is 0 Å². The molecule has 0 bridgehead atoms. The molecule has 2 atom stereocenters.